The maximum Gasteiger partial charge on any atom is 0.306 e. The Bertz CT molecular complexity index is 1160. The first-order valence-corrected chi connectivity index (χ1v) is 15.3. The van der Waals surface area contributed by atoms with E-state index in [1.54, 1.807) is 12.1 Å². The number of hydrogen-bond acceptors (Lipinski definition) is 7. The molecule has 39 heavy (non-hydrogen) atoms. The van der Waals surface area contributed by atoms with E-state index in [2.05, 4.69) is 0 Å². The second-order valence-corrected chi connectivity index (χ2v) is 13.2. The fourth-order valence-electron chi connectivity index (χ4n) is 5.67. The number of aliphatic hydroxyl groups is 2. The second-order valence-electron chi connectivity index (χ2n) is 11.3. The van der Waals surface area contributed by atoms with Gasteiger partial charge in [0.25, 0.3) is 0 Å². The first kappa shape index (κ1) is 29.7. The van der Waals surface area contributed by atoms with Crippen molar-refractivity contribution in [1.29, 1.82) is 0 Å². The summed E-state index contributed by atoms with van der Waals surface area (Å²) in [5.74, 6) is -0.448. The molecule has 9 heteroatoms. The molecule has 2 aromatic carbocycles. The molecule has 1 saturated carbocycles. The van der Waals surface area contributed by atoms with Gasteiger partial charge in [-0.1, -0.05) is 56.3 Å². The molecule has 2 fully saturated rings. The Morgan fingerprint density at radius 2 is 1.77 bits per heavy atom. The summed E-state index contributed by atoms with van der Waals surface area (Å²) in [6.07, 6.45) is 1.80. The van der Waals surface area contributed by atoms with Crippen LogP contribution in [0.4, 0.5) is 0 Å². The third kappa shape index (κ3) is 7.89. The van der Waals surface area contributed by atoms with Gasteiger partial charge in [0.15, 0.2) is 0 Å². The molecule has 0 spiro atoms. The van der Waals surface area contributed by atoms with Crippen molar-refractivity contribution >= 4 is 16.0 Å². The monoisotopic (exact) mass is 559 g/mol. The average Bonchev–Trinajstić information content (AvgIpc) is 3.50. The maximum absolute atomic E-state index is 13.6. The van der Waals surface area contributed by atoms with E-state index in [4.69, 9.17) is 9.47 Å². The van der Waals surface area contributed by atoms with Crippen LogP contribution in [0.15, 0.2) is 59.5 Å². The van der Waals surface area contributed by atoms with Crippen molar-refractivity contribution in [2.24, 2.45) is 17.8 Å². The van der Waals surface area contributed by atoms with Gasteiger partial charge >= 0.3 is 5.97 Å². The zero-order chi connectivity index (χ0) is 28.0. The highest BCUT2D eigenvalue weighted by molar-refractivity contribution is 7.89. The molecule has 0 radical (unpaired) electrons. The highest BCUT2D eigenvalue weighted by Crippen LogP contribution is 2.37. The van der Waals surface area contributed by atoms with Crippen LogP contribution in [0.25, 0.3) is 0 Å². The number of esters is 1. The zero-order valence-corrected chi connectivity index (χ0v) is 23.6. The highest BCUT2D eigenvalue weighted by Gasteiger charge is 2.40. The summed E-state index contributed by atoms with van der Waals surface area (Å²) in [5, 5.41) is 20.7. The lowest BCUT2D eigenvalue weighted by atomic mass is 9.90. The maximum atomic E-state index is 13.6. The number of sulfonamides is 1. The molecule has 0 amide bonds. The quantitative estimate of drug-likeness (QED) is 0.361. The molecular formula is C30H41NO7S. The third-order valence-corrected chi connectivity index (χ3v) is 9.57. The first-order chi connectivity index (χ1) is 18.7. The Morgan fingerprint density at radius 3 is 2.41 bits per heavy atom. The molecule has 0 bridgehead atoms. The molecule has 2 aliphatic rings. The third-order valence-electron chi connectivity index (χ3n) is 7.72. The van der Waals surface area contributed by atoms with E-state index < -0.39 is 22.0 Å². The smallest absolute Gasteiger partial charge is 0.306 e. The molecule has 214 valence electrons. The number of fused-ring (bicyclic) bond motifs is 1. The van der Waals surface area contributed by atoms with E-state index >= 15 is 0 Å². The molecule has 0 unspecified atom stereocenters. The van der Waals surface area contributed by atoms with Gasteiger partial charge in [-0.25, -0.2) is 8.42 Å². The Morgan fingerprint density at radius 1 is 1.05 bits per heavy atom. The lowest BCUT2D eigenvalue weighted by Crippen LogP contribution is -2.43. The summed E-state index contributed by atoms with van der Waals surface area (Å²) < 4.78 is 40.0. The minimum atomic E-state index is -3.92. The predicted octanol–water partition coefficient (Wildman–Crippen LogP) is 3.55. The van der Waals surface area contributed by atoms with Crippen LogP contribution in [-0.2, 0) is 37.3 Å². The van der Waals surface area contributed by atoms with Crippen molar-refractivity contribution in [2.45, 2.75) is 75.8 Å². The average molecular weight is 560 g/mol. The lowest BCUT2D eigenvalue weighted by molar-refractivity contribution is -0.151. The van der Waals surface area contributed by atoms with Gasteiger partial charge in [0.1, 0.15) is 6.10 Å². The van der Waals surface area contributed by atoms with Crippen molar-refractivity contribution in [2.75, 3.05) is 19.7 Å². The van der Waals surface area contributed by atoms with Gasteiger partial charge in [-0.05, 0) is 54.4 Å². The molecular weight excluding hydrogens is 518 g/mol. The Labute approximate surface area is 232 Å². The summed E-state index contributed by atoms with van der Waals surface area (Å²) in [6.45, 7) is 4.50. The minimum absolute atomic E-state index is 0.0104. The van der Waals surface area contributed by atoms with Crippen LogP contribution in [0.3, 0.4) is 0 Å². The molecule has 1 saturated heterocycles. The fraction of sp³-hybridized carbons (Fsp3) is 0.567. The summed E-state index contributed by atoms with van der Waals surface area (Å²) in [4.78, 5) is 13.1. The van der Waals surface area contributed by atoms with Crippen molar-refractivity contribution in [1.82, 2.24) is 4.31 Å². The van der Waals surface area contributed by atoms with E-state index in [0.717, 1.165) is 25.0 Å². The van der Waals surface area contributed by atoms with E-state index in [0.29, 0.717) is 24.3 Å². The van der Waals surface area contributed by atoms with Crippen LogP contribution in [0.1, 0.15) is 50.7 Å². The van der Waals surface area contributed by atoms with Crippen molar-refractivity contribution in [3.8, 4) is 0 Å². The Hall–Kier alpha value is -2.30. The molecule has 1 heterocycles. The molecule has 2 N–H and O–H groups in total. The number of carbonyl (C=O) groups excluding carboxylic acids is 1. The SMILES string of the molecule is CC(C)CN(C[C@@H](O)[C@@H](CC(=O)O[C@H]1C[C@H]2CCO[C@H]2C1)Cc1ccccc1)S(=O)(=O)c1ccc(CO)cc1. The van der Waals surface area contributed by atoms with E-state index in [-0.39, 0.29) is 55.1 Å². The molecule has 5 atom stereocenters. The summed E-state index contributed by atoms with van der Waals surface area (Å²) >= 11 is 0. The molecule has 1 aliphatic heterocycles. The molecule has 2 aromatic rings. The van der Waals surface area contributed by atoms with Gasteiger partial charge in [-0.2, -0.15) is 4.31 Å². The molecule has 1 aliphatic carbocycles. The van der Waals surface area contributed by atoms with Crippen molar-refractivity contribution in [3.05, 3.63) is 65.7 Å². The molecule has 4 rings (SSSR count). The minimum Gasteiger partial charge on any atom is -0.462 e. The molecule has 0 aromatic heterocycles. The van der Waals surface area contributed by atoms with Gasteiger partial charge < -0.3 is 19.7 Å². The largest absolute Gasteiger partial charge is 0.462 e. The van der Waals surface area contributed by atoms with Crippen LogP contribution in [0.2, 0.25) is 0 Å². The second kappa shape index (κ2) is 13.4. The number of aliphatic hydroxyl groups excluding tert-OH is 2. The first-order valence-electron chi connectivity index (χ1n) is 13.9. The number of rotatable bonds is 13. The van der Waals surface area contributed by atoms with Crippen LogP contribution < -0.4 is 0 Å². The predicted molar refractivity (Wildman–Crippen MR) is 147 cm³/mol. The fourth-order valence-corrected chi connectivity index (χ4v) is 7.29. The Balaban J connectivity index is 1.49. The van der Waals surface area contributed by atoms with Gasteiger partial charge in [0.2, 0.25) is 10.0 Å². The number of carbonyl (C=O) groups is 1. The highest BCUT2D eigenvalue weighted by atomic mass is 32.2. The van der Waals surface area contributed by atoms with Crippen molar-refractivity contribution < 1.29 is 32.9 Å². The van der Waals surface area contributed by atoms with Crippen LogP contribution in [-0.4, -0.2) is 66.9 Å². The van der Waals surface area contributed by atoms with Crippen LogP contribution in [0.5, 0.6) is 0 Å². The van der Waals surface area contributed by atoms with Gasteiger partial charge in [-0.3, -0.25) is 4.79 Å². The number of benzene rings is 2. The van der Waals surface area contributed by atoms with Gasteiger partial charge in [-0.15, -0.1) is 0 Å². The summed E-state index contributed by atoms with van der Waals surface area (Å²) in [7, 11) is -3.92. The lowest BCUT2D eigenvalue weighted by Gasteiger charge is -2.30. The summed E-state index contributed by atoms with van der Waals surface area (Å²) in [5.41, 5.74) is 1.57. The van der Waals surface area contributed by atoms with Crippen LogP contribution in [0, 0.1) is 17.8 Å². The van der Waals surface area contributed by atoms with E-state index in [1.165, 1.54) is 16.4 Å². The standard InChI is InChI=1S/C30H41NO7S/c1-21(2)18-31(39(35,36)27-10-8-23(20-32)9-11-27)19-28(33)25(14-22-6-4-3-5-7-22)16-30(34)38-26-15-24-12-13-37-29(24)17-26/h3-11,21,24-26,28-29,32-33H,12-20H2,1-2H3/t24-,25-,26+,28-,29+/m1/s1. The number of ether oxygens (including phenoxy) is 2. The van der Waals surface area contributed by atoms with Gasteiger partial charge in [0.05, 0.1) is 30.1 Å². The van der Waals surface area contributed by atoms with Gasteiger partial charge in [0, 0.05) is 32.0 Å². The van der Waals surface area contributed by atoms with Crippen LogP contribution >= 0.6 is 0 Å². The van der Waals surface area contributed by atoms with Crippen molar-refractivity contribution in [3.63, 3.8) is 0 Å². The normalized spacial score (nSPS) is 22.7. The van der Waals surface area contributed by atoms with E-state index in [9.17, 15) is 23.4 Å². The molecule has 8 nitrogen and oxygen atoms in total. The number of nitrogens with zero attached hydrogens (tertiary/aromatic N) is 1. The number of hydrogen-bond donors (Lipinski definition) is 2. The zero-order valence-electron chi connectivity index (χ0n) is 22.8. The topological polar surface area (TPSA) is 113 Å². The van der Waals surface area contributed by atoms with E-state index in [1.807, 2.05) is 44.2 Å². The summed E-state index contributed by atoms with van der Waals surface area (Å²) in [6, 6.07) is 15.7. The Kier molecular flexibility index (Phi) is 10.2.